The van der Waals surface area contributed by atoms with Gasteiger partial charge in [-0.1, -0.05) is 0 Å². The Kier molecular flexibility index (Phi) is 3.09. The predicted molar refractivity (Wildman–Crippen MR) is 63.3 cm³/mol. The fraction of sp³-hybridized carbons (Fsp3) is 0.333. The van der Waals surface area contributed by atoms with Crippen LogP contribution in [0.1, 0.15) is 11.3 Å². The molecular weight excluding hydrogens is 258 g/mol. The highest BCUT2D eigenvalue weighted by molar-refractivity contribution is 7.92. The minimum atomic E-state index is -3.85. The van der Waals surface area contributed by atoms with Crippen molar-refractivity contribution in [3.63, 3.8) is 0 Å². The quantitative estimate of drug-likeness (QED) is 0.709. The first kappa shape index (κ1) is 12.6. The van der Waals surface area contributed by atoms with E-state index < -0.39 is 16.6 Å². The summed E-state index contributed by atoms with van der Waals surface area (Å²) in [5.41, 5.74) is 0.761. The molecule has 9 heteroatoms. The van der Waals surface area contributed by atoms with Gasteiger partial charge >= 0.3 is 0 Å². The molecule has 3 N–H and O–H groups in total. The molecular formula is C9H13N5O3S. The lowest BCUT2D eigenvalue weighted by molar-refractivity contribution is 0.277. The van der Waals surface area contributed by atoms with Crippen LogP contribution in [0.15, 0.2) is 17.3 Å². The summed E-state index contributed by atoms with van der Waals surface area (Å²) in [6, 6.07) is 1.52. The summed E-state index contributed by atoms with van der Waals surface area (Å²) < 4.78 is 27.9. The van der Waals surface area contributed by atoms with E-state index >= 15 is 0 Å². The Labute approximate surface area is 104 Å². The second kappa shape index (κ2) is 4.42. The van der Waals surface area contributed by atoms with Crippen LogP contribution in [0.4, 0.5) is 5.82 Å². The van der Waals surface area contributed by atoms with Gasteiger partial charge in [0.05, 0.1) is 6.61 Å². The van der Waals surface area contributed by atoms with Crippen molar-refractivity contribution >= 4 is 15.8 Å². The lowest BCUT2D eigenvalue weighted by Gasteiger charge is -2.04. The monoisotopic (exact) mass is 271 g/mol. The van der Waals surface area contributed by atoms with Crippen LogP contribution >= 0.6 is 0 Å². The topological polar surface area (TPSA) is 113 Å². The summed E-state index contributed by atoms with van der Waals surface area (Å²) in [6.45, 7) is 1.24. The number of hydrogen-bond donors (Lipinski definition) is 3. The minimum absolute atomic E-state index is 0.196. The number of aliphatic hydroxyl groups excluding tert-OH is 1. The maximum Gasteiger partial charge on any atom is 0.282 e. The standard InChI is InChI=1S/C9H13N5O3S/c1-6-7(5-15)9(11-10-6)18(16,17)13-8-3-4-14(2)12-8/h3-4,15H,5H2,1-2H3,(H,10,11)(H,12,13). The number of aliphatic hydroxyl groups is 1. The van der Waals surface area contributed by atoms with Gasteiger partial charge in [0.25, 0.3) is 10.0 Å². The molecule has 0 aliphatic heterocycles. The highest BCUT2D eigenvalue weighted by atomic mass is 32.2. The zero-order valence-corrected chi connectivity index (χ0v) is 10.7. The van der Waals surface area contributed by atoms with Gasteiger partial charge in [0.1, 0.15) is 0 Å². The van der Waals surface area contributed by atoms with Crippen LogP contribution in [-0.2, 0) is 23.7 Å². The molecule has 18 heavy (non-hydrogen) atoms. The number of aryl methyl sites for hydroxylation is 2. The van der Waals surface area contributed by atoms with Crippen molar-refractivity contribution in [1.29, 1.82) is 0 Å². The van der Waals surface area contributed by atoms with Crippen molar-refractivity contribution in [3.05, 3.63) is 23.5 Å². The van der Waals surface area contributed by atoms with Crippen molar-refractivity contribution in [2.75, 3.05) is 4.72 Å². The van der Waals surface area contributed by atoms with Crippen LogP contribution in [-0.4, -0.2) is 33.5 Å². The largest absolute Gasteiger partial charge is 0.392 e. The van der Waals surface area contributed by atoms with Gasteiger partial charge < -0.3 is 5.11 Å². The zero-order valence-electron chi connectivity index (χ0n) is 9.88. The highest BCUT2D eigenvalue weighted by Gasteiger charge is 2.24. The molecule has 98 valence electrons. The van der Waals surface area contributed by atoms with Gasteiger partial charge in [-0.25, -0.2) is 0 Å². The first-order chi connectivity index (χ1) is 8.44. The van der Waals surface area contributed by atoms with Gasteiger partial charge in [-0.2, -0.15) is 18.6 Å². The SMILES string of the molecule is Cc1[nH]nc(S(=O)(=O)Nc2ccn(C)n2)c1CO. The molecule has 0 unspecified atom stereocenters. The molecule has 2 rings (SSSR count). The van der Waals surface area contributed by atoms with Gasteiger partial charge in [-0.3, -0.25) is 14.5 Å². The highest BCUT2D eigenvalue weighted by Crippen LogP contribution is 2.18. The molecule has 0 aliphatic carbocycles. The van der Waals surface area contributed by atoms with Crippen molar-refractivity contribution in [2.45, 2.75) is 18.6 Å². The van der Waals surface area contributed by atoms with Crippen LogP contribution in [0, 0.1) is 6.92 Å². The fourth-order valence-electron chi connectivity index (χ4n) is 1.49. The lowest BCUT2D eigenvalue weighted by atomic mass is 10.3. The number of nitrogens with zero attached hydrogens (tertiary/aromatic N) is 3. The smallest absolute Gasteiger partial charge is 0.282 e. The van der Waals surface area contributed by atoms with Crippen molar-refractivity contribution in [1.82, 2.24) is 20.0 Å². The molecule has 2 heterocycles. The zero-order chi connectivity index (χ0) is 13.3. The number of sulfonamides is 1. The molecule has 0 fully saturated rings. The Balaban J connectivity index is 2.36. The molecule has 8 nitrogen and oxygen atoms in total. The van der Waals surface area contributed by atoms with Gasteiger partial charge in [-0.05, 0) is 6.92 Å². The molecule has 0 atom stereocenters. The molecule has 0 radical (unpaired) electrons. The van der Waals surface area contributed by atoms with E-state index in [4.69, 9.17) is 5.11 Å². The molecule has 0 aromatic carbocycles. The molecule has 2 aromatic rings. The molecule has 0 saturated carbocycles. The number of rotatable bonds is 4. The van der Waals surface area contributed by atoms with Gasteiger partial charge in [0.2, 0.25) is 5.03 Å². The van der Waals surface area contributed by atoms with Crippen molar-refractivity contribution in [3.8, 4) is 0 Å². The van der Waals surface area contributed by atoms with Crippen LogP contribution in [0.5, 0.6) is 0 Å². The fourth-order valence-corrected chi connectivity index (χ4v) is 2.68. The summed E-state index contributed by atoms with van der Waals surface area (Å²) in [5, 5.41) is 19.1. The van der Waals surface area contributed by atoms with Gasteiger partial charge in [0, 0.05) is 30.6 Å². The van der Waals surface area contributed by atoms with Crippen molar-refractivity contribution < 1.29 is 13.5 Å². The summed E-state index contributed by atoms with van der Waals surface area (Å²) >= 11 is 0. The molecule has 0 aliphatic rings. The van der Waals surface area contributed by atoms with E-state index in [-0.39, 0.29) is 16.4 Å². The van der Waals surface area contributed by atoms with Crippen LogP contribution in [0.2, 0.25) is 0 Å². The van der Waals surface area contributed by atoms with E-state index in [1.807, 2.05) is 0 Å². The minimum Gasteiger partial charge on any atom is -0.392 e. The van der Waals surface area contributed by atoms with E-state index in [1.54, 1.807) is 20.2 Å². The average molecular weight is 271 g/mol. The second-order valence-electron chi connectivity index (χ2n) is 3.77. The summed E-state index contributed by atoms with van der Waals surface area (Å²) in [7, 11) is -2.17. The molecule has 0 saturated heterocycles. The molecule has 0 bridgehead atoms. The third kappa shape index (κ3) is 2.22. The van der Waals surface area contributed by atoms with E-state index in [2.05, 4.69) is 20.0 Å². The first-order valence-electron chi connectivity index (χ1n) is 5.11. The van der Waals surface area contributed by atoms with E-state index in [0.717, 1.165) is 0 Å². The summed E-state index contributed by atoms with van der Waals surface area (Å²) in [6.07, 6.45) is 1.61. The van der Waals surface area contributed by atoms with Crippen LogP contribution < -0.4 is 4.72 Å². The molecule has 2 aromatic heterocycles. The average Bonchev–Trinajstić information content (AvgIpc) is 2.84. The molecule has 0 amide bonds. The van der Waals surface area contributed by atoms with Crippen LogP contribution in [0.25, 0.3) is 0 Å². The third-order valence-corrected chi connectivity index (χ3v) is 3.73. The summed E-state index contributed by atoms with van der Waals surface area (Å²) in [5.74, 6) is 0.196. The third-order valence-electron chi connectivity index (χ3n) is 2.40. The lowest BCUT2D eigenvalue weighted by Crippen LogP contribution is -2.16. The Morgan fingerprint density at radius 2 is 2.28 bits per heavy atom. The maximum atomic E-state index is 12.0. The number of H-pyrrole nitrogens is 1. The van der Waals surface area contributed by atoms with E-state index in [0.29, 0.717) is 5.69 Å². The van der Waals surface area contributed by atoms with Crippen LogP contribution in [0.3, 0.4) is 0 Å². The summed E-state index contributed by atoms with van der Waals surface area (Å²) in [4.78, 5) is 0. The first-order valence-corrected chi connectivity index (χ1v) is 6.59. The molecule has 0 spiro atoms. The number of nitrogens with one attached hydrogen (secondary N) is 2. The Bertz CT molecular complexity index is 658. The second-order valence-corrected chi connectivity index (χ2v) is 5.37. The van der Waals surface area contributed by atoms with Gasteiger partial charge in [-0.15, -0.1) is 0 Å². The Morgan fingerprint density at radius 3 is 2.83 bits per heavy atom. The number of aromatic amines is 1. The number of aromatic nitrogens is 4. The van der Waals surface area contributed by atoms with E-state index in [9.17, 15) is 8.42 Å². The predicted octanol–water partition coefficient (Wildman–Crippen LogP) is -0.255. The number of hydrogen-bond acceptors (Lipinski definition) is 5. The Morgan fingerprint density at radius 1 is 1.56 bits per heavy atom. The maximum absolute atomic E-state index is 12.0. The normalized spacial score (nSPS) is 11.7. The Hall–Kier alpha value is -1.87. The van der Waals surface area contributed by atoms with E-state index in [1.165, 1.54) is 10.7 Å². The van der Waals surface area contributed by atoms with Gasteiger partial charge in [0.15, 0.2) is 5.82 Å². The van der Waals surface area contributed by atoms with Crippen molar-refractivity contribution in [2.24, 2.45) is 7.05 Å². The number of anilines is 1.